The molecule has 2 rings (SSSR count). The summed E-state index contributed by atoms with van der Waals surface area (Å²) < 4.78 is 1.33. The number of carbonyl (C=O) groups excluding carboxylic acids is 2. The van der Waals surface area contributed by atoms with Crippen LogP contribution in [0.3, 0.4) is 0 Å². The van der Waals surface area contributed by atoms with Crippen molar-refractivity contribution in [3.63, 3.8) is 0 Å². The Hall–Kier alpha value is -2.77. The van der Waals surface area contributed by atoms with Gasteiger partial charge in [0.25, 0.3) is 0 Å². The molecule has 2 heterocycles. The number of nitrogens with one attached hydrogen (secondary N) is 2. The second-order valence-electron chi connectivity index (χ2n) is 3.77. The fraction of sp³-hybridized carbons (Fsp3) is 0.182. The zero-order valence-corrected chi connectivity index (χ0v) is 10.2. The van der Waals surface area contributed by atoms with Crippen LogP contribution in [0.15, 0.2) is 30.7 Å². The van der Waals surface area contributed by atoms with Crippen LogP contribution in [-0.2, 0) is 16.1 Å². The van der Waals surface area contributed by atoms with Gasteiger partial charge in [0, 0.05) is 13.1 Å². The van der Waals surface area contributed by atoms with Gasteiger partial charge < -0.3 is 10.6 Å². The van der Waals surface area contributed by atoms with E-state index in [9.17, 15) is 9.59 Å². The Morgan fingerprint density at radius 3 is 2.89 bits per heavy atom. The average molecular weight is 260 g/mol. The van der Waals surface area contributed by atoms with Gasteiger partial charge in [-0.3, -0.25) is 14.6 Å². The zero-order valence-electron chi connectivity index (χ0n) is 10.2. The third-order valence-electron chi connectivity index (χ3n) is 2.09. The third-order valence-corrected chi connectivity index (χ3v) is 2.09. The molecule has 19 heavy (non-hydrogen) atoms. The number of amides is 2. The van der Waals surface area contributed by atoms with Crippen molar-refractivity contribution < 1.29 is 9.59 Å². The molecule has 98 valence electrons. The molecule has 0 aliphatic rings. The lowest BCUT2D eigenvalue weighted by molar-refractivity contribution is -0.117. The topological polar surface area (TPSA) is 102 Å². The molecule has 8 heteroatoms. The summed E-state index contributed by atoms with van der Waals surface area (Å²) in [5.74, 6) is -0.194. The number of pyridine rings is 1. The second-order valence-corrected chi connectivity index (χ2v) is 3.77. The molecule has 0 saturated carbocycles. The van der Waals surface area contributed by atoms with Crippen LogP contribution < -0.4 is 10.6 Å². The van der Waals surface area contributed by atoms with Gasteiger partial charge in [-0.25, -0.2) is 4.68 Å². The van der Waals surface area contributed by atoms with Gasteiger partial charge in [-0.1, -0.05) is 5.21 Å². The highest BCUT2D eigenvalue weighted by molar-refractivity contribution is 5.90. The lowest BCUT2D eigenvalue weighted by Gasteiger charge is -2.03. The SMILES string of the molecule is CC(=O)Nc1cn(CC(=O)Nc2cccnc2)nn1. The Labute approximate surface area is 108 Å². The van der Waals surface area contributed by atoms with E-state index in [-0.39, 0.29) is 18.4 Å². The van der Waals surface area contributed by atoms with E-state index in [0.717, 1.165) is 0 Å². The van der Waals surface area contributed by atoms with Crippen LogP contribution in [0.25, 0.3) is 0 Å². The van der Waals surface area contributed by atoms with E-state index in [4.69, 9.17) is 0 Å². The minimum atomic E-state index is -0.257. The Morgan fingerprint density at radius 1 is 1.37 bits per heavy atom. The highest BCUT2D eigenvalue weighted by Gasteiger charge is 2.07. The first kappa shape index (κ1) is 12.7. The second kappa shape index (κ2) is 5.71. The summed E-state index contributed by atoms with van der Waals surface area (Å²) in [5, 5.41) is 12.6. The Kier molecular flexibility index (Phi) is 3.81. The molecule has 0 fully saturated rings. The Balaban J connectivity index is 1.92. The van der Waals surface area contributed by atoms with Crippen LogP contribution in [0.2, 0.25) is 0 Å². The molecular weight excluding hydrogens is 248 g/mol. The maximum Gasteiger partial charge on any atom is 0.246 e. The summed E-state index contributed by atoms with van der Waals surface area (Å²) in [6.07, 6.45) is 4.64. The fourth-order valence-corrected chi connectivity index (χ4v) is 1.40. The van der Waals surface area contributed by atoms with Crippen LogP contribution in [-0.4, -0.2) is 31.8 Å². The molecule has 8 nitrogen and oxygen atoms in total. The van der Waals surface area contributed by atoms with E-state index < -0.39 is 0 Å². The zero-order chi connectivity index (χ0) is 13.7. The summed E-state index contributed by atoms with van der Waals surface area (Å²) in [7, 11) is 0. The molecule has 0 unspecified atom stereocenters. The van der Waals surface area contributed by atoms with Crippen molar-refractivity contribution in [2.75, 3.05) is 10.6 Å². The van der Waals surface area contributed by atoms with Gasteiger partial charge in [0.1, 0.15) is 6.54 Å². The molecule has 2 amide bonds. The Morgan fingerprint density at radius 2 is 2.21 bits per heavy atom. The van der Waals surface area contributed by atoms with E-state index in [0.29, 0.717) is 11.5 Å². The van der Waals surface area contributed by atoms with Crippen LogP contribution in [0, 0.1) is 0 Å². The summed E-state index contributed by atoms with van der Waals surface area (Å²) in [5.41, 5.74) is 0.606. The quantitative estimate of drug-likeness (QED) is 0.821. The van der Waals surface area contributed by atoms with E-state index in [1.165, 1.54) is 17.8 Å². The molecular formula is C11H12N6O2. The molecule has 2 aromatic heterocycles. The van der Waals surface area contributed by atoms with Crippen LogP contribution in [0.1, 0.15) is 6.92 Å². The summed E-state index contributed by atoms with van der Waals surface area (Å²) in [6.45, 7) is 1.37. The molecule has 0 aliphatic heterocycles. The van der Waals surface area contributed by atoms with Crippen molar-refractivity contribution in [1.82, 2.24) is 20.0 Å². The van der Waals surface area contributed by atoms with E-state index in [2.05, 4.69) is 25.9 Å². The predicted molar refractivity (Wildman–Crippen MR) is 67.2 cm³/mol. The van der Waals surface area contributed by atoms with Crippen LogP contribution >= 0.6 is 0 Å². The number of anilines is 2. The van der Waals surface area contributed by atoms with Gasteiger partial charge in [-0.15, -0.1) is 5.10 Å². The van der Waals surface area contributed by atoms with Crippen molar-refractivity contribution >= 4 is 23.3 Å². The summed E-state index contributed by atoms with van der Waals surface area (Å²) in [6, 6.07) is 3.45. The highest BCUT2D eigenvalue weighted by Crippen LogP contribution is 2.04. The predicted octanol–water partition coefficient (Wildman–Crippen LogP) is 0.270. The van der Waals surface area contributed by atoms with Gasteiger partial charge in [0.05, 0.1) is 18.1 Å². The molecule has 2 N–H and O–H groups in total. The van der Waals surface area contributed by atoms with Crippen LogP contribution in [0.4, 0.5) is 11.5 Å². The average Bonchev–Trinajstić information content (AvgIpc) is 2.76. The molecule has 0 aliphatic carbocycles. The number of carbonyl (C=O) groups is 2. The molecule has 0 saturated heterocycles. The monoisotopic (exact) mass is 260 g/mol. The maximum atomic E-state index is 11.7. The van der Waals surface area contributed by atoms with Crippen molar-refractivity contribution in [1.29, 1.82) is 0 Å². The van der Waals surface area contributed by atoms with Crippen molar-refractivity contribution in [3.05, 3.63) is 30.7 Å². The number of aromatic nitrogens is 4. The largest absolute Gasteiger partial charge is 0.323 e. The number of hydrogen-bond acceptors (Lipinski definition) is 5. The minimum Gasteiger partial charge on any atom is -0.323 e. The first-order chi connectivity index (χ1) is 9.13. The Bertz CT molecular complexity index is 580. The van der Waals surface area contributed by atoms with Gasteiger partial charge in [0.15, 0.2) is 5.82 Å². The van der Waals surface area contributed by atoms with Crippen molar-refractivity contribution in [3.8, 4) is 0 Å². The minimum absolute atomic E-state index is 0.00147. The first-order valence-electron chi connectivity index (χ1n) is 5.51. The van der Waals surface area contributed by atoms with Crippen molar-refractivity contribution in [2.24, 2.45) is 0 Å². The first-order valence-corrected chi connectivity index (χ1v) is 5.51. The maximum absolute atomic E-state index is 11.7. The van der Waals surface area contributed by atoms with E-state index in [1.807, 2.05) is 0 Å². The highest BCUT2D eigenvalue weighted by atomic mass is 16.2. The third kappa shape index (κ3) is 3.87. The van der Waals surface area contributed by atoms with Crippen molar-refractivity contribution in [2.45, 2.75) is 13.5 Å². The summed E-state index contributed by atoms with van der Waals surface area (Å²) in [4.78, 5) is 26.4. The van der Waals surface area contributed by atoms with E-state index in [1.54, 1.807) is 24.5 Å². The van der Waals surface area contributed by atoms with Gasteiger partial charge in [-0.2, -0.15) is 0 Å². The van der Waals surface area contributed by atoms with Gasteiger partial charge in [0.2, 0.25) is 11.8 Å². The molecule has 0 bridgehead atoms. The van der Waals surface area contributed by atoms with Gasteiger partial charge >= 0.3 is 0 Å². The summed E-state index contributed by atoms with van der Waals surface area (Å²) >= 11 is 0. The molecule has 0 atom stereocenters. The molecule has 0 spiro atoms. The number of rotatable bonds is 4. The van der Waals surface area contributed by atoms with E-state index >= 15 is 0 Å². The normalized spacial score (nSPS) is 9.95. The van der Waals surface area contributed by atoms with Crippen LogP contribution in [0.5, 0.6) is 0 Å². The lowest BCUT2D eigenvalue weighted by Crippen LogP contribution is -2.19. The van der Waals surface area contributed by atoms with Gasteiger partial charge in [-0.05, 0) is 12.1 Å². The smallest absolute Gasteiger partial charge is 0.246 e. The molecule has 2 aromatic rings. The molecule has 0 radical (unpaired) electrons. The molecule has 0 aromatic carbocycles. The number of nitrogens with zero attached hydrogens (tertiary/aromatic N) is 4. The fourth-order valence-electron chi connectivity index (χ4n) is 1.40. The lowest BCUT2D eigenvalue weighted by atomic mass is 10.4. The standard InChI is InChI=1S/C11H12N6O2/c1-8(18)13-10-6-17(16-15-10)7-11(19)14-9-3-2-4-12-5-9/h2-6H,7H2,1H3,(H,13,18)(H,14,19). The number of hydrogen-bond donors (Lipinski definition) is 2.